The molecule has 0 aromatic heterocycles. The van der Waals surface area contributed by atoms with E-state index in [0.29, 0.717) is 28.6 Å². The highest BCUT2D eigenvalue weighted by molar-refractivity contribution is 6.44. The Bertz CT molecular complexity index is 960. The van der Waals surface area contributed by atoms with Gasteiger partial charge in [-0.25, -0.2) is 4.79 Å². The van der Waals surface area contributed by atoms with Crippen LogP contribution in [0.3, 0.4) is 0 Å². The molecule has 1 fully saturated rings. The number of carbonyl (C=O) groups is 3. The molecule has 2 aromatic carbocycles. The van der Waals surface area contributed by atoms with E-state index < -0.39 is 11.9 Å². The number of ether oxygens (including phenoxy) is 1. The molecule has 2 aromatic rings. The van der Waals surface area contributed by atoms with Crippen molar-refractivity contribution in [1.82, 2.24) is 0 Å². The molecule has 0 saturated carbocycles. The van der Waals surface area contributed by atoms with Gasteiger partial charge in [0.1, 0.15) is 0 Å². The van der Waals surface area contributed by atoms with Crippen molar-refractivity contribution in [2.75, 3.05) is 23.4 Å². The van der Waals surface area contributed by atoms with E-state index in [2.05, 4.69) is 5.32 Å². The van der Waals surface area contributed by atoms with Crippen LogP contribution in [0.1, 0.15) is 30.6 Å². The number of hydrogen-bond donors (Lipinski definition) is 1. The maximum absolute atomic E-state index is 12.6. The van der Waals surface area contributed by atoms with Crippen LogP contribution in [0.5, 0.6) is 0 Å². The SMILES string of the molecule is CC(C)COC(=O)c1ccc(NC(=O)[C@@H]2CC(=O)N(c3cccc(Cl)c3Cl)C2)cc1. The fraction of sp³-hybridized carbons (Fsp3) is 0.318. The van der Waals surface area contributed by atoms with E-state index in [0.717, 1.165) is 0 Å². The lowest BCUT2D eigenvalue weighted by atomic mass is 10.1. The topological polar surface area (TPSA) is 75.7 Å². The van der Waals surface area contributed by atoms with Gasteiger partial charge in [0.2, 0.25) is 11.8 Å². The zero-order valence-corrected chi connectivity index (χ0v) is 18.2. The van der Waals surface area contributed by atoms with Crippen molar-refractivity contribution < 1.29 is 19.1 Å². The second kappa shape index (κ2) is 9.49. The van der Waals surface area contributed by atoms with Gasteiger partial charge in [0.15, 0.2) is 0 Å². The highest BCUT2D eigenvalue weighted by atomic mass is 35.5. The zero-order chi connectivity index (χ0) is 21.8. The van der Waals surface area contributed by atoms with Gasteiger partial charge in [0.25, 0.3) is 0 Å². The molecular weight excluding hydrogens is 427 g/mol. The van der Waals surface area contributed by atoms with Crippen LogP contribution >= 0.6 is 23.2 Å². The van der Waals surface area contributed by atoms with Crippen molar-refractivity contribution in [3.63, 3.8) is 0 Å². The third kappa shape index (κ3) is 5.12. The first kappa shape index (κ1) is 22.1. The Kier molecular flexibility index (Phi) is 7.00. The molecule has 0 unspecified atom stereocenters. The Labute approximate surface area is 185 Å². The van der Waals surface area contributed by atoms with Crippen molar-refractivity contribution in [3.8, 4) is 0 Å². The second-order valence-electron chi connectivity index (χ2n) is 7.54. The van der Waals surface area contributed by atoms with Gasteiger partial charge in [-0.2, -0.15) is 0 Å². The van der Waals surface area contributed by atoms with Crippen molar-refractivity contribution in [1.29, 1.82) is 0 Å². The first-order valence-corrected chi connectivity index (χ1v) is 10.3. The molecule has 158 valence electrons. The summed E-state index contributed by atoms with van der Waals surface area (Å²) in [5.41, 5.74) is 1.44. The Balaban J connectivity index is 1.62. The number of halogens is 2. The van der Waals surface area contributed by atoms with E-state index >= 15 is 0 Å². The van der Waals surface area contributed by atoms with Crippen molar-refractivity contribution in [2.24, 2.45) is 11.8 Å². The summed E-state index contributed by atoms with van der Waals surface area (Å²) >= 11 is 12.2. The van der Waals surface area contributed by atoms with Gasteiger partial charge in [-0.1, -0.05) is 43.1 Å². The first-order chi connectivity index (χ1) is 14.3. The zero-order valence-electron chi connectivity index (χ0n) is 16.7. The molecule has 0 radical (unpaired) electrons. The summed E-state index contributed by atoms with van der Waals surface area (Å²) in [5, 5.41) is 3.42. The highest BCUT2D eigenvalue weighted by Crippen LogP contribution is 2.35. The number of hydrogen-bond acceptors (Lipinski definition) is 4. The Morgan fingerprint density at radius 3 is 2.53 bits per heavy atom. The Morgan fingerprint density at radius 2 is 1.87 bits per heavy atom. The minimum atomic E-state index is -0.525. The summed E-state index contributed by atoms with van der Waals surface area (Å²) in [4.78, 5) is 38.5. The number of benzene rings is 2. The lowest BCUT2D eigenvalue weighted by Gasteiger charge is -2.18. The molecule has 1 heterocycles. The predicted octanol–water partition coefficient (Wildman–Crippen LogP) is 4.80. The minimum Gasteiger partial charge on any atom is -0.462 e. The molecule has 1 atom stereocenters. The van der Waals surface area contributed by atoms with E-state index in [9.17, 15) is 14.4 Å². The predicted molar refractivity (Wildman–Crippen MR) is 117 cm³/mol. The van der Waals surface area contributed by atoms with Crippen LogP contribution in [-0.2, 0) is 14.3 Å². The number of esters is 1. The molecule has 2 amide bonds. The first-order valence-electron chi connectivity index (χ1n) is 9.58. The molecule has 8 heteroatoms. The van der Waals surface area contributed by atoms with Crippen molar-refractivity contribution >= 4 is 52.4 Å². The molecule has 30 heavy (non-hydrogen) atoms. The van der Waals surface area contributed by atoms with Gasteiger partial charge in [-0.05, 0) is 42.3 Å². The van der Waals surface area contributed by atoms with Crippen LogP contribution < -0.4 is 10.2 Å². The summed E-state index contributed by atoms with van der Waals surface area (Å²) in [6, 6.07) is 11.5. The number of carbonyl (C=O) groups excluding carboxylic acids is 3. The monoisotopic (exact) mass is 448 g/mol. The molecule has 6 nitrogen and oxygen atoms in total. The van der Waals surface area contributed by atoms with Crippen LogP contribution in [0, 0.1) is 11.8 Å². The van der Waals surface area contributed by atoms with Gasteiger partial charge in [0.05, 0.1) is 33.8 Å². The van der Waals surface area contributed by atoms with Gasteiger partial charge < -0.3 is 15.0 Å². The van der Waals surface area contributed by atoms with Crippen molar-refractivity contribution in [2.45, 2.75) is 20.3 Å². The number of nitrogens with zero attached hydrogens (tertiary/aromatic N) is 1. The van der Waals surface area contributed by atoms with Gasteiger partial charge in [0, 0.05) is 18.7 Å². The molecule has 1 aliphatic heterocycles. The fourth-order valence-electron chi connectivity index (χ4n) is 3.08. The average molecular weight is 449 g/mol. The summed E-state index contributed by atoms with van der Waals surface area (Å²) in [7, 11) is 0. The third-order valence-corrected chi connectivity index (χ3v) is 5.46. The van der Waals surface area contributed by atoms with E-state index in [1.54, 1.807) is 42.5 Å². The number of nitrogens with one attached hydrogen (secondary N) is 1. The summed E-state index contributed by atoms with van der Waals surface area (Å²) in [5.74, 6) is -1.15. The molecule has 1 N–H and O–H groups in total. The fourth-order valence-corrected chi connectivity index (χ4v) is 3.47. The van der Waals surface area contributed by atoms with Crippen LogP contribution in [-0.4, -0.2) is 30.9 Å². The summed E-state index contributed by atoms with van der Waals surface area (Å²) in [6.07, 6.45) is 0.0777. The third-order valence-electron chi connectivity index (χ3n) is 4.65. The lowest BCUT2D eigenvalue weighted by Crippen LogP contribution is -2.28. The molecular formula is C22H22Cl2N2O4. The number of anilines is 2. The molecule has 1 saturated heterocycles. The van der Waals surface area contributed by atoms with Gasteiger partial charge >= 0.3 is 5.97 Å². The second-order valence-corrected chi connectivity index (χ2v) is 8.32. The van der Waals surface area contributed by atoms with Gasteiger partial charge in [-0.15, -0.1) is 0 Å². The number of amides is 2. The van der Waals surface area contributed by atoms with Crippen LogP contribution in [0.2, 0.25) is 10.0 Å². The summed E-state index contributed by atoms with van der Waals surface area (Å²) in [6.45, 7) is 4.48. The Morgan fingerprint density at radius 1 is 1.17 bits per heavy atom. The van der Waals surface area contributed by atoms with Crippen LogP contribution in [0.25, 0.3) is 0 Å². The van der Waals surface area contributed by atoms with E-state index in [1.807, 2.05) is 13.8 Å². The van der Waals surface area contributed by atoms with E-state index in [4.69, 9.17) is 27.9 Å². The van der Waals surface area contributed by atoms with Crippen molar-refractivity contribution in [3.05, 3.63) is 58.1 Å². The maximum atomic E-state index is 12.6. The average Bonchev–Trinajstić information content (AvgIpc) is 3.10. The molecule has 0 bridgehead atoms. The normalized spacial score (nSPS) is 16.1. The van der Waals surface area contributed by atoms with Crippen LogP contribution in [0.15, 0.2) is 42.5 Å². The smallest absolute Gasteiger partial charge is 0.338 e. The largest absolute Gasteiger partial charge is 0.462 e. The number of rotatable bonds is 6. The summed E-state index contributed by atoms with van der Waals surface area (Å²) < 4.78 is 5.19. The minimum absolute atomic E-state index is 0.0777. The lowest BCUT2D eigenvalue weighted by molar-refractivity contribution is -0.122. The molecule has 0 spiro atoms. The molecule has 0 aliphatic carbocycles. The molecule has 3 rings (SSSR count). The van der Waals surface area contributed by atoms with E-state index in [1.165, 1.54) is 4.90 Å². The standard InChI is InChI=1S/C22H22Cl2N2O4/c1-13(2)12-30-22(29)14-6-8-16(9-7-14)25-21(28)15-10-19(27)26(11-15)18-5-3-4-17(23)20(18)24/h3-9,13,15H,10-12H2,1-2H3,(H,25,28)/t15-/m1/s1. The van der Waals surface area contributed by atoms with E-state index in [-0.39, 0.29) is 35.7 Å². The van der Waals surface area contributed by atoms with Gasteiger partial charge in [-0.3, -0.25) is 9.59 Å². The molecule has 1 aliphatic rings. The quantitative estimate of drug-likeness (QED) is 0.643. The maximum Gasteiger partial charge on any atom is 0.338 e. The van der Waals surface area contributed by atoms with Crippen LogP contribution in [0.4, 0.5) is 11.4 Å². The highest BCUT2D eigenvalue weighted by Gasteiger charge is 2.36. The Hall–Kier alpha value is -2.57.